The standard InChI is InChI=1S/C14H8F5NO/c15-11-4-2-1-3-9(11)13(21)20-8-5-6-12(16)10(7-8)14(17,18)19/h1-7H,(H,20,21). The van der Waals surface area contributed by atoms with Crippen LogP contribution < -0.4 is 5.32 Å². The number of anilines is 1. The highest BCUT2D eigenvalue weighted by molar-refractivity contribution is 6.04. The molecule has 2 rings (SSSR count). The third-order valence-corrected chi connectivity index (χ3v) is 2.65. The van der Waals surface area contributed by atoms with E-state index in [1.54, 1.807) is 0 Å². The number of amides is 1. The SMILES string of the molecule is O=C(Nc1ccc(F)c(C(F)(F)F)c1)c1ccccc1F. The lowest BCUT2D eigenvalue weighted by molar-refractivity contribution is -0.139. The van der Waals surface area contributed by atoms with Crippen molar-refractivity contribution in [1.82, 2.24) is 0 Å². The third kappa shape index (κ3) is 3.36. The number of hydrogen-bond acceptors (Lipinski definition) is 1. The van der Waals surface area contributed by atoms with Crippen molar-refractivity contribution in [2.45, 2.75) is 6.18 Å². The summed E-state index contributed by atoms with van der Waals surface area (Å²) < 4.78 is 64.1. The summed E-state index contributed by atoms with van der Waals surface area (Å²) in [5.41, 5.74) is -2.11. The Morgan fingerprint density at radius 3 is 2.24 bits per heavy atom. The van der Waals surface area contributed by atoms with E-state index in [0.29, 0.717) is 12.1 Å². The predicted molar refractivity (Wildman–Crippen MR) is 65.8 cm³/mol. The van der Waals surface area contributed by atoms with Crippen molar-refractivity contribution >= 4 is 11.6 Å². The highest BCUT2D eigenvalue weighted by Gasteiger charge is 2.34. The fourth-order valence-corrected chi connectivity index (χ4v) is 1.66. The quantitative estimate of drug-likeness (QED) is 0.826. The summed E-state index contributed by atoms with van der Waals surface area (Å²) in [6.07, 6.45) is -4.89. The summed E-state index contributed by atoms with van der Waals surface area (Å²) in [6, 6.07) is 6.99. The summed E-state index contributed by atoms with van der Waals surface area (Å²) in [7, 11) is 0. The van der Waals surface area contributed by atoms with Crippen LogP contribution in [-0.2, 0) is 6.18 Å². The molecule has 21 heavy (non-hydrogen) atoms. The summed E-state index contributed by atoms with van der Waals surface area (Å²) in [4.78, 5) is 11.8. The first-order chi connectivity index (χ1) is 9.79. The van der Waals surface area contributed by atoms with Gasteiger partial charge in [-0.25, -0.2) is 8.78 Å². The van der Waals surface area contributed by atoms with Crippen LogP contribution in [0.2, 0.25) is 0 Å². The lowest BCUT2D eigenvalue weighted by Crippen LogP contribution is -2.15. The van der Waals surface area contributed by atoms with E-state index in [1.165, 1.54) is 18.2 Å². The minimum Gasteiger partial charge on any atom is -0.322 e. The van der Waals surface area contributed by atoms with Gasteiger partial charge in [-0.3, -0.25) is 4.79 Å². The van der Waals surface area contributed by atoms with Gasteiger partial charge in [0.2, 0.25) is 0 Å². The van der Waals surface area contributed by atoms with E-state index in [4.69, 9.17) is 0 Å². The van der Waals surface area contributed by atoms with E-state index in [0.717, 1.165) is 12.1 Å². The Hall–Kier alpha value is -2.44. The number of rotatable bonds is 2. The highest BCUT2D eigenvalue weighted by Crippen LogP contribution is 2.33. The van der Waals surface area contributed by atoms with Crippen LogP contribution in [0.3, 0.4) is 0 Å². The Morgan fingerprint density at radius 2 is 1.62 bits per heavy atom. The summed E-state index contributed by atoms with van der Waals surface area (Å²) in [5.74, 6) is -3.19. The van der Waals surface area contributed by atoms with Crippen LogP contribution in [0, 0.1) is 11.6 Å². The molecule has 0 aromatic heterocycles. The average Bonchev–Trinajstić information content (AvgIpc) is 2.40. The van der Waals surface area contributed by atoms with Crippen molar-refractivity contribution in [2.24, 2.45) is 0 Å². The molecule has 2 aromatic carbocycles. The Balaban J connectivity index is 2.29. The number of carbonyl (C=O) groups excluding carboxylic acids is 1. The second-order valence-electron chi connectivity index (χ2n) is 4.13. The molecule has 7 heteroatoms. The van der Waals surface area contributed by atoms with Crippen molar-refractivity contribution in [3.8, 4) is 0 Å². The van der Waals surface area contributed by atoms with Gasteiger partial charge >= 0.3 is 6.18 Å². The maximum absolute atomic E-state index is 13.4. The predicted octanol–water partition coefficient (Wildman–Crippen LogP) is 4.24. The van der Waals surface area contributed by atoms with E-state index in [9.17, 15) is 26.7 Å². The zero-order valence-electron chi connectivity index (χ0n) is 10.3. The van der Waals surface area contributed by atoms with Gasteiger partial charge in [0.25, 0.3) is 5.91 Å². The van der Waals surface area contributed by atoms with E-state index >= 15 is 0 Å². The first kappa shape index (κ1) is 15.0. The first-order valence-corrected chi connectivity index (χ1v) is 5.71. The van der Waals surface area contributed by atoms with Crippen LogP contribution in [0.5, 0.6) is 0 Å². The molecule has 0 fully saturated rings. The minimum atomic E-state index is -4.89. The molecule has 0 saturated carbocycles. The molecule has 0 heterocycles. The monoisotopic (exact) mass is 301 g/mol. The molecule has 0 aliphatic heterocycles. The van der Waals surface area contributed by atoms with E-state index < -0.39 is 29.3 Å². The molecule has 1 amide bonds. The van der Waals surface area contributed by atoms with Gasteiger partial charge in [-0.1, -0.05) is 12.1 Å². The van der Waals surface area contributed by atoms with Crippen LogP contribution in [0.4, 0.5) is 27.6 Å². The molecular weight excluding hydrogens is 293 g/mol. The van der Waals surface area contributed by atoms with Gasteiger partial charge in [0.15, 0.2) is 0 Å². The van der Waals surface area contributed by atoms with Crippen molar-refractivity contribution in [3.05, 3.63) is 65.2 Å². The van der Waals surface area contributed by atoms with Crippen LogP contribution >= 0.6 is 0 Å². The zero-order chi connectivity index (χ0) is 15.6. The Morgan fingerprint density at radius 1 is 0.952 bits per heavy atom. The maximum Gasteiger partial charge on any atom is 0.419 e. The first-order valence-electron chi connectivity index (χ1n) is 5.71. The van der Waals surface area contributed by atoms with Gasteiger partial charge in [-0.15, -0.1) is 0 Å². The van der Waals surface area contributed by atoms with E-state index in [-0.39, 0.29) is 11.3 Å². The molecule has 0 radical (unpaired) electrons. The highest BCUT2D eigenvalue weighted by atomic mass is 19.4. The Bertz CT molecular complexity index is 681. The van der Waals surface area contributed by atoms with E-state index in [2.05, 4.69) is 5.32 Å². The Labute approximate surface area is 116 Å². The second kappa shape index (κ2) is 5.51. The number of benzene rings is 2. The maximum atomic E-state index is 13.4. The van der Waals surface area contributed by atoms with Crippen molar-refractivity contribution < 1.29 is 26.7 Å². The molecule has 2 nitrogen and oxygen atoms in total. The zero-order valence-corrected chi connectivity index (χ0v) is 10.3. The average molecular weight is 301 g/mol. The topological polar surface area (TPSA) is 29.1 Å². The van der Waals surface area contributed by atoms with E-state index in [1.807, 2.05) is 0 Å². The van der Waals surface area contributed by atoms with Gasteiger partial charge in [-0.2, -0.15) is 13.2 Å². The summed E-state index contributed by atoms with van der Waals surface area (Å²) in [6.45, 7) is 0. The normalized spacial score (nSPS) is 11.3. The second-order valence-corrected chi connectivity index (χ2v) is 4.13. The molecule has 0 spiro atoms. The van der Waals surface area contributed by atoms with Crippen molar-refractivity contribution in [1.29, 1.82) is 0 Å². The minimum absolute atomic E-state index is 0.281. The Kier molecular flexibility index (Phi) is 3.93. The number of halogens is 5. The molecule has 0 aliphatic carbocycles. The van der Waals surface area contributed by atoms with Gasteiger partial charge in [-0.05, 0) is 30.3 Å². The fourth-order valence-electron chi connectivity index (χ4n) is 1.66. The summed E-state index contributed by atoms with van der Waals surface area (Å²) >= 11 is 0. The number of alkyl halides is 3. The smallest absolute Gasteiger partial charge is 0.322 e. The lowest BCUT2D eigenvalue weighted by Gasteiger charge is -2.11. The molecule has 2 aromatic rings. The number of carbonyl (C=O) groups is 1. The van der Waals surface area contributed by atoms with Gasteiger partial charge < -0.3 is 5.32 Å². The van der Waals surface area contributed by atoms with Crippen LogP contribution in [0.15, 0.2) is 42.5 Å². The number of nitrogens with one attached hydrogen (secondary N) is 1. The molecule has 0 unspecified atom stereocenters. The lowest BCUT2D eigenvalue weighted by atomic mass is 10.1. The fraction of sp³-hybridized carbons (Fsp3) is 0.0714. The molecule has 0 saturated heterocycles. The van der Waals surface area contributed by atoms with Crippen molar-refractivity contribution in [3.63, 3.8) is 0 Å². The van der Waals surface area contributed by atoms with Crippen LogP contribution in [0.25, 0.3) is 0 Å². The molecule has 0 aliphatic rings. The molecule has 0 atom stereocenters. The van der Waals surface area contributed by atoms with Gasteiger partial charge in [0.1, 0.15) is 11.6 Å². The number of hydrogen-bond donors (Lipinski definition) is 1. The molecular formula is C14H8F5NO. The molecule has 1 N–H and O–H groups in total. The summed E-state index contributed by atoms with van der Waals surface area (Å²) in [5, 5.41) is 2.09. The van der Waals surface area contributed by atoms with Gasteiger partial charge in [0, 0.05) is 5.69 Å². The van der Waals surface area contributed by atoms with Crippen LogP contribution in [0.1, 0.15) is 15.9 Å². The largest absolute Gasteiger partial charge is 0.419 e. The third-order valence-electron chi connectivity index (χ3n) is 2.65. The molecule has 0 bridgehead atoms. The molecule has 110 valence electrons. The van der Waals surface area contributed by atoms with Crippen molar-refractivity contribution in [2.75, 3.05) is 5.32 Å². The van der Waals surface area contributed by atoms with Crippen LogP contribution in [-0.4, -0.2) is 5.91 Å². The van der Waals surface area contributed by atoms with Gasteiger partial charge in [0.05, 0.1) is 11.1 Å².